The third kappa shape index (κ3) is 8.12. The van der Waals surface area contributed by atoms with Gasteiger partial charge in [0.2, 0.25) is 0 Å². The third-order valence-corrected chi connectivity index (χ3v) is 9.06. The average molecular weight is 419 g/mol. The minimum Gasteiger partial charge on any atom is -0.303 e. The molecular weight excluding hydrogens is 364 g/mol. The Morgan fingerprint density at radius 3 is 1.03 bits per heavy atom. The van der Waals surface area contributed by atoms with Gasteiger partial charge in [0.05, 0.1) is 0 Å². The Balaban J connectivity index is 1.52. The van der Waals surface area contributed by atoms with E-state index in [0.29, 0.717) is 0 Å². The van der Waals surface area contributed by atoms with E-state index in [1.165, 1.54) is 142 Å². The van der Waals surface area contributed by atoms with Crippen molar-refractivity contribution in [3.8, 4) is 0 Å². The molecule has 3 fully saturated rings. The van der Waals surface area contributed by atoms with E-state index in [1.807, 2.05) is 0 Å². The molecule has 1 saturated carbocycles. The van der Waals surface area contributed by atoms with Gasteiger partial charge < -0.3 is 9.80 Å². The SMILES string of the molecule is CN1CCCCCCCCCC1C1CCC(C2CCCCCCCCCN2C)CC1. The normalized spacial score (nSPS) is 35.8. The average Bonchev–Trinajstić information content (AvgIpc) is 2.84. The van der Waals surface area contributed by atoms with Gasteiger partial charge in [0.1, 0.15) is 0 Å². The van der Waals surface area contributed by atoms with E-state index in [9.17, 15) is 0 Å². The van der Waals surface area contributed by atoms with Crippen LogP contribution in [0.5, 0.6) is 0 Å². The topological polar surface area (TPSA) is 6.48 Å². The fourth-order valence-electron chi connectivity index (χ4n) is 7.08. The molecule has 0 spiro atoms. The highest BCUT2D eigenvalue weighted by atomic mass is 15.1. The summed E-state index contributed by atoms with van der Waals surface area (Å²) >= 11 is 0. The van der Waals surface area contributed by atoms with Crippen molar-refractivity contribution in [2.45, 2.75) is 141 Å². The summed E-state index contributed by atoms with van der Waals surface area (Å²) in [6.45, 7) is 2.69. The molecule has 2 unspecified atom stereocenters. The number of rotatable bonds is 2. The van der Waals surface area contributed by atoms with Gasteiger partial charge in [-0.3, -0.25) is 0 Å². The van der Waals surface area contributed by atoms with Crippen molar-refractivity contribution in [3.63, 3.8) is 0 Å². The van der Waals surface area contributed by atoms with Crippen LogP contribution in [0, 0.1) is 11.8 Å². The first kappa shape index (κ1) is 24.6. The molecule has 2 saturated heterocycles. The highest BCUT2D eigenvalue weighted by molar-refractivity contribution is 4.88. The lowest BCUT2D eigenvalue weighted by molar-refractivity contribution is 0.0783. The predicted molar refractivity (Wildman–Crippen MR) is 132 cm³/mol. The van der Waals surface area contributed by atoms with Crippen molar-refractivity contribution in [1.29, 1.82) is 0 Å². The Morgan fingerprint density at radius 1 is 0.367 bits per heavy atom. The fourth-order valence-corrected chi connectivity index (χ4v) is 7.08. The molecule has 0 bridgehead atoms. The Bertz CT molecular complexity index is 388. The van der Waals surface area contributed by atoms with Gasteiger partial charge >= 0.3 is 0 Å². The first-order valence-corrected chi connectivity index (χ1v) is 14.2. The minimum absolute atomic E-state index is 0.870. The van der Waals surface area contributed by atoms with Crippen LogP contribution in [0.4, 0.5) is 0 Å². The molecule has 0 amide bonds. The maximum Gasteiger partial charge on any atom is 0.0120 e. The molecule has 30 heavy (non-hydrogen) atoms. The van der Waals surface area contributed by atoms with Crippen molar-refractivity contribution in [2.75, 3.05) is 27.2 Å². The van der Waals surface area contributed by atoms with Crippen molar-refractivity contribution in [1.82, 2.24) is 9.80 Å². The van der Waals surface area contributed by atoms with Crippen LogP contribution in [0.3, 0.4) is 0 Å². The van der Waals surface area contributed by atoms with Gasteiger partial charge in [-0.2, -0.15) is 0 Å². The van der Waals surface area contributed by atoms with Crippen LogP contribution in [0.15, 0.2) is 0 Å². The summed E-state index contributed by atoms with van der Waals surface area (Å²) in [4.78, 5) is 5.57. The van der Waals surface area contributed by atoms with Gasteiger partial charge in [0.25, 0.3) is 0 Å². The maximum absolute atomic E-state index is 2.79. The molecule has 0 aromatic heterocycles. The van der Waals surface area contributed by atoms with Gasteiger partial charge in [-0.1, -0.05) is 77.0 Å². The van der Waals surface area contributed by atoms with E-state index in [0.717, 1.165) is 23.9 Å². The van der Waals surface area contributed by atoms with Gasteiger partial charge in [-0.15, -0.1) is 0 Å². The van der Waals surface area contributed by atoms with E-state index in [4.69, 9.17) is 0 Å². The van der Waals surface area contributed by atoms with E-state index >= 15 is 0 Å². The molecule has 3 aliphatic rings. The first-order valence-electron chi connectivity index (χ1n) is 14.2. The van der Waals surface area contributed by atoms with Gasteiger partial charge in [-0.25, -0.2) is 0 Å². The zero-order chi connectivity index (χ0) is 21.0. The number of nitrogens with zero attached hydrogens (tertiary/aromatic N) is 2. The molecule has 0 aromatic carbocycles. The van der Waals surface area contributed by atoms with Gasteiger partial charge in [0.15, 0.2) is 0 Å². The lowest BCUT2D eigenvalue weighted by Crippen LogP contribution is -2.44. The van der Waals surface area contributed by atoms with Crippen LogP contribution in [-0.4, -0.2) is 49.1 Å². The molecule has 1 aliphatic carbocycles. The highest BCUT2D eigenvalue weighted by Gasteiger charge is 2.33. The molecule has 0 aromatic rings. The van der Waals surface area contributed by atoms with Crippen molar-refractivity contribution in [3.05, 3.63) is 0 Å². The summed E-state index contributed by atoms with van der Waals surface area (Å²) in [5.41, 5.74) is 0. The summed E-state index contributed by atoms with van der Waals surface area (Å²) < 4.78 is 0. The molecule has 2 aliphatic heterocycles. The van der Waals surface area contributed by atoms with Crippen LogP contribution < -0.4 is 0 Å². The van der Waals surface area contributed by atoms with E-state index in [-0.39, 0.29) is 0 Å². The molecule has 2 nitrogen and oxygen atoms in total. The smallest absolute Gasteiger partial charge is 0.0120 e. The van der Waals surface area contributed by atoms with Crippen LogP contribution in [0.25, 0.3) is 0 Å². The summed E-state index contributed by atoms with van der Waals surface area (Å²) in [5, 5.41) is 0. The van der Waals surface area contributed by atoms with Crippen molar-refractivity contribution < 1.29 is 0 Å². The second-order valence-corrected chi connectivity index (χ2v) is 11.3. The van der Waals surface area contributed by atoms with Crippen molar-refractivity contribution in [2.24, 2.45) is 11.8 Å². The van der Waals surface area contributed by atoms with Crippen LogP contribution in [-0.2, 0) is 0 Å². The van der Waals surface area contributed by atoms with Crippen LogP contribution in [0.1, 0.15) is 128 Å². The quantitative estimate of drug-likeness (QED) is 0.454. The molecule has 2 heterocycles. The van der Waals surface area contributed by atoms with E-state index in [2.05, 4.69) is 23.9 Å². The van der Waals surface area contributed by atoms with E-state index in [1.54, 1.807) is 0 Å². The summed E-state index contributed by atoms with van der Waals surface area (Å²) in [6, 6.07) is 1.74. The molecule has 0 radical (unpaired) electrons. The molecule has 2 heteroatoms. The molecule has 0 N–H and O–H groups in total. The number of hydrogen-bond donors (Lipinski definition) is 0. The highest BCUT2D eigenvalue weighted by Crippen LogP contribution is 2.38. The fraction of sp³-hybridized carbons (Fsp3) is 1.00. The Morgan fingerprint density at radius 2 is 0.667 bits per heavy atom. The Hall–Kier alpha value is -0.0800. The molecular formula is C28H54N2. The monoisotopic (exact) mass is 418 g/mol. The number of hydrogen-bond acceptors (Lipinski definition) is 2. The zero-order valence-corrected chi connectivity index (χ0v) is 20.8. The van der Waals surface area contributed by atoms with Crippen molar-refractivity contribution >= 4 is 0 Å². The standard InChI is InChI=1S/C28H54N2/c1-29-23-15-11-7-3-5-9-13-17-27(29)25-19-21-26(22-20-25)28-18-14-10-6-4-8-12-16-24-30(28)2/h25-28H,3-24H2,1-2H3. The molecule has 176 valence electrons. The summed E-state index contributed by atoms with van der Waals surface area (Å²) in [6.07, 6.45) is 29.5. The lowest BCUT2D eigenvalue weighted by Gasteiger charge is -2.43. The predicted octanol–water partition coefficient (Wildman–Crippen LogP) is 7.66. The first-order chi connectivity index (χ1) is 14.8. The van der Waals surface area contributed by atoms with E-state index < -0.39 is 0 Å². The maximum atomic E-state index is 2.79. The molecule has 2 atom stereocenters. The molecule has 3 rings (SSSR count). The van der Waals surface area contributed by atoms with Gasteiger partial charge in [0, 0.05) is 12.1 Å². The minimum atomic E-state index is 0.870. The lowest BCUT2D eigenvalue weighted by atomic mass is 9.73. The van der Waals surface area contributed by atoms with Crippen LogP contribution >= 0.6 is 0 Å². The van der Waals surface area contributed by atoms with Crippen LogP contribution in [0.2, 0.25) is 0 Å². The second-order valence-electron chi connectivity index (χ2n) is 11.3. The Labute approximate surface area is 189 Å². The zero-order valence-electron chi connectivity index (χ0n) is 20.8. The summed E-state index contributed by atoms with van der Waals surface area (Å²) in [5.74, 6) is 1.94. The third-order valence-electron chi connectivity index (χ3n) is 9.06. The Kier molecular flexibility index (Phi) is 11.6. The second kappa shape index (κ2) is 14.1. The van der Waals surface area contributed by atoms with Gasteiger partial charge in [-0.05, 0) is 90.4 Å². The largest absolute Gasteiger partial charge is 0.303 e. The summed E-state index contributed by atoms with van der Waals surface area (Å²) in [7, 11) is 4.90.